The summed E-state index contributed by atoms with van der Waals surface area (Å²) >= 11 is 0. The number of nitrogens with zero attached hydrogens (tertiary/aromatic N) is 3. The van der Waals surface area contributed by atoms with Crippen molar-refractivity contribution >= 4 is 0 Å². The van der Waals surface area contributed by atoms with E-state index in [2.05, 4.69) is 97.8 Å². The minimum atomic E-state index is 0.384. The van der Waals surface area contributed by atoms with E-state index in [4.69, 9.17) is 0 Å². The van der Waals surface area contributed by atoms with E-state index in [1.54, 1.807) is 0 Å². The molecule has 3 aliphatic heterocycles. The number of hydrogen-bond acceptors (Lipinski definition) is 3. The van der Waals surface area contributed by atoms with Crippen molar-refractivity contribution in [1.29, 1.82) is 0 Å². The molecule has 3 atom stereocenters. The maximum Gasteiger partial charge on any atom is 0.0125 e. The van der Waals surface area contributed by atoms with Gasteiger partial charge in [0.2, 0.25) is 0 Å². The van der Waals surface area contributed by atoms with E-state index in [1.165, 1.54) is 77.8 Å². The molecule has 1 unspecified atom stereocenters. The number of rotatable bonds is 0. The lowest BCUT2D eigenvalue weighted by Crippen LogP contribution is -2.46. The molecule has 3 nitrogen and oxygen atoms in total. The van der Waals surface area contributed by atoms with Crippen LogP contribution in [0.3, 0.4) is 0 Å². The maximum atomic E-state index is 2.60. The fourth-order valence-corrected chi connectivity index (χ4v) is 5.40. The lowest BCUT2D eigenvalue weighted by atomic mass is 9.95. The van der Waals surface area contributed by atoms with Gasteiger partial charge < -0.3 is 0 Å². The predicted octanol–water partition coefficient (Wildman–Crippen LogP) is 7.55. The molecule has 0 N–H and O–H groups in total. The summed E-state index contributed by atoms with van der Waals surface area (Å²) in [5.41, 5.74) is 1.15. The Morgan fingerprint density at radius 1 is 0.424 bits per heavy atom. The summed E-state index contributed by atoms with van der Waals surface area (Å²) in [6.07, 6.45) is 8.43. The van der Waals surface area contributed by atoms with Crippen molar-refractivity contribution in [3.05, 3.63) is 0 Å². The third kappa shape index (κ3) is 12.4. The van der Waals surface area contributed by atoms with Crippen LogP contribution in [0.4, 0.5) is 0 Å². The maximum absolute atomic E-state index is 2.60. The highest BCUT2D eigenvalue weighted by Gasteiger charge is 2.27. The molecule has 3 heterocycles. The minimum absolute atomic E-state index is 0.384. The summed E-state index contributed by atoms with van der Waals surface area (Å²) in [5, 5.41) is 0. The Balaban J connectivity index is 0.000000247. The van der Waals surface area contributed by atoms with Gasteiger partial charge in [-0.1, -0.05) is 20.8 Å². The smallest absolute Gasteiger partial charge is 0.0125 e. The second kappa shape index (κ2) is 13.3. The lowest BCUT2D eigenvalue weighted by Gasteiger charge is -2.40. The molecule has 0 bridgehead atoms. The summed E-state index contributed by atoms with van der Waals surface area (Å²) in [5.74, 6) is 2.72. The highest BCUT2D eigenvalue weighted by atomic mass is 15.2. The molecule has 0 saturated carbocycles. The minimum Gasteiger partial charge on any atom is -0.298 e. The second-order valence-electron chi connectivity index (χ2n) is 14.6. The SMILES string of the molecule is CC1CCCN(C(C)(C)C)C1.C[C@@H]1CCCN(C(C)(C)C)C1.C[C@H]1CCCN(C(C)(C)C)C1. The van der Waals surface area contributed by atoms with Gasteiger partial charge in [-0.15, -0.1) is 0 Å². The highest BCUT2D eigenvalue weighted by Crippen LogP contribution is 2.24. The van der Waals surface area contributed by atoms with Crippen molar-refractivity contribution in [2.45, 2.75) is 138 Å². The van der Waals surface area contributed by atoms with Gasteiger partial charge >= 0.3 is 0 Å². The third-order valence-corrected chi connectivity index (χ3v) is 7.82. The first kappa shape index (κ1) is 30.9. The zero-order chi connectivity index (χ0) is 25.4. The number of hydrogen-bond donors (Lipinski definition) is 0. The van der Waals surface area contributed by atoms with Gasteiger partial charge in [-0.25, -0.2) is 0 Å². The Morgan fingerprint density at radius 2 is 0.636 bits per heavy atom. The van der Waals surface area contributed by atoms with E-state index in [0.717, 1.165) is 17.8 Å². The number of likely N-dealkylation sites (tertiary alicyclic amines) is 3. The van der Waals surface area contributed by atoms with E-state index in [0.29, 0.717) is 16.6 Å². The monoisotopic (exact) mass is 466 g/mol. The normalized spacial score (nSPS) is 28.9. The molecule has 3 rings (SSSR count). The van der Waals surface area contributed by atoms with Crippen molar-refractivity contribution in [3.8, 4) is 0 Å². The molecule has 0 spiro atoms. The molecule has 0 aliphatic carbocycles. The topological polar surface area (TPSA) is 9.72 Å². The first-order valence-electron chi connectivity index (χ1n) is 14.2. The molecule has 0 aromatic rings. The molecular weight excluding hydrogens is 402 g/mol. The quantitative estimate of drug-likeness (QED) is 0.365. The van der Waals surface area contributed by atoms with Gasteiger partial charge in [0.25, 0.3) is 0 Å². The highest BCUT2D eigenvalue weighted by molar-refractivity contribution is 4.82. The summed E-state index contributed by atoms with van der Waals surface area (Å²) in [7, 11) is 0. The molecule has 198 valence electrons. The molecule has 0 radical (unpaired) electrons. The van der Waals surface area contributed by atoms with Crippen LogP contribution < -0.4 is 0 Å². The van der Waals surface area contributed by atoms with E-state index in [1.807, 2.05) is 0 Å². The fourth-order valence-electron chi connectivity index (χ4n) is 5.40. The zero-order valence-electron chi connectivity index (χ0n) is 25.1. The van der Waals surface area contributed by atoms with Crippen LogP contribution in [0.15, 0.2) is 0 Å². The predicted molar refractivity (Wildman–Crippen MR) is 149 cm³/mol. The molecule has 0 aromatic carbocycles. The van der Waals surface area contributed by atoms with Gasteiger partial charge in [-0.05, 0) is 138 Å². The molecule has 0 amide bonds. The molecular formula is C30H63N3. The summed E-state index contributed by atoms with van der Waals surface area (Å²) in [6.45, 7) is 35.7. The van der Waals surface area contributed by atoms with Crippen molar-refractivity contribution in [1.82, 2.24) is 14.7 Å². The Labute approximate surface area is 210 Å². The largest absolute Gasteiger partial charge is 0.298 e. The van der Waals surface area contributed by atoms with Crippen LogP contribution in [-0.2, 0) is 0 Å². The van der Waals surface area contributed by atoms with E-state index in [9.17, 15) is 0 Å². The Bertz CT molecular complexity index is 446. The fraction of sp³-hybridized carbons (Fsp3) is 1.00. The zero-order valence-corrected chi connectivity index (χ0v) is 25.1. The summed E-state index contributed by atoms with van der Waals surface area (Å²) in [4.78, 5) is 7.80. The van der Waals surface area contributed by atoms with Gasteiger partial charge in [-0.2, -0.15) is 0 Å². The summed E-state index contributed by atoms with van der Waals surface area (Å²) < 4.78 is 0. The van der Waals surface area contributed by atoms with Crippen molar-refractivity contribution in [3.63, 3.8) is 0 Å². The lowest BCUT2D eigenvalue weighted by molar-refractivity contribution is 0.0843. The summed E-state index contributed by atoms with van der Waals surface area (Å²) in [6, 6.07) is 0. The third-order valence-electron chi connectivity index (χ3n) is 7.82. The van der Waals surface area contributed by atoms with Crippen LogP contribution in [0.5, 0.6) is 0 Å². The van der Waals surface area contributed by atoms with Gasteiger partial charge in [0.1, 0.15) is 0 Å². The first-order valence-corrected chi connectivity index (χ1v) is 14.2. The average Bonchev–Trinajstić information content (AvgIpc) is 2.67. The molecule has 3 aliphatic rings. The molecule has 3 saturated heterocycles. The van der Waals surface area contributed by atoms with E-state index >= 15 is 0 Å². The van der Waals surface area contributed by atoms with Gasteiger partial charge in [-0.3, -0.25) is 14.7 Å². The van der Waals surface area contributed by atoms with Gasteiger partial charge in [0, 0.05) is 36.3 Å². The average molecular weight is 466 g/mol. The van der Waals surface area contributed by atoms with Crippen LogP contribution in [-0.4, -0.2) is 70.6 Å². The molecule has 3 fully saturated rings. The van der Waals surface area contributed by atoms with Crippen LogP contribution >= 0.6 is 0 Å². The van der Waals surface area contributed by atoms with Crippen LogP contribution in [0.1, 0.15) is 122 Å². The van der Waals surface area contributed by atoms with E-state index in [-0.39, 0.29) is 0 Å². The van der Waals surface area contributed by atoms with Gasteiger partial charge in [0.05, 0.1) is 0 Å². The van der Waals surface area contributed by atoms with Crippen LogP contribution in [0, 0.1) is 17.8 Å². The van der Waals surface area contributed by atoms with E-state index < -0.39 is 0 Å². The Morgan fingerprint density at radius 3 is 0.758 bits per heavy atom. The molecule has 0 aromatic heterocycles. The standard InChI is InChI=1S/3C10H21N/c3*1-9-6-5-7-11(8-9)10(2,3)4/h3*9H,5-8H2,1-4H3/t2*9-;/m10./s1. The van der Waals surface area contributed by atoms with Crippen LogP contribution in [0.25, 0.3) is 0 Å². The van der Waals surface area contributed by atoms with Crippen molar-refractivity contribution in [2.24, 2.45) is 17.8 Å². The Kier molecular flexibility index (Phi) is 12.4. The number of piperidine rings is 3. The van der Waals surface area contributed by atoms with Crippen molar-refractivity contribution in [2.75, 3.05) is 39.3 Å². The molecule has 3 heteroatoms. The second-order valence-corrected chi connectivity index (χ2v) is 14.6. The van der Waals surface area contributed by atoms with Crippen molar-refractivity contribution < 1.29 is 0 Å². The van der Waals surface area contributed by atoms with Crippen LogP contribution in [0.2, 0.25) is 0 Å². The van der Waals surface area contributed by atoms with Gasteiger partial charge in [0.15, 0.2) is 0 Å². The Hall–Kier alpha value is -0.120. The first-order chi connectivity index (χ1) is 15.0. The molecule has 33 heavy (non-hydrogen) atoms.